The second-order valence-corrected chi connectivity index (χ2v) is 3.45. The first kappa shape index (κ1) is 13.6. The van der Waals surface area contributed by atoms with Gasteiger partial charge in [0.05, 0.1) is 5.33 Å². The Hall–Kier alpha value is -1.48. The van der Waals surface area contributed by atoms with E-state index in [1.54, 1.807) is 0 Å². The van der Waals surface area contributed by atoms with Gasteiger partial charge in [-0.25, -0.2) is 0 Å². The number of carbonyl (C=O) groups is 1. The van der Waals surface area contributed by atoms with E-state index in [2.05, 4.69) is 32.5 Å². The van der Waals surface area contributed by atoms with Gasteiger partial charge in [0.2, 0.25) is 0 Å². The van der Waals surface area contributed by atoms with E-state index >= 15 is 0 Å². The lowest BCUT2D eigenvalue weighted by Crippen LogP contribution is -2.17. The minimum absolute atomic E-state index is 0.0747. The first-order valence-corrected chi connectivity index (χ1v) is 5.47. The lowest BCUT2D eigenvalue weighted by molar-refractivity contribution is -0.274. The second kappa shape index (κ2) is 5.73. The Morgan fingerprint density at radius 3 is 2.59 bits per heavy atom. The molecule has 0 saturated carbocycles. The molecule has 0 aliphatic heterocycles. The van der Waals surface area contributed by atoms with E-state index in [4.69, 9.17) is 0 Å². The van der Waals surface area contributed by atoms with Crippen LogP contribution in [0.4, 0.5) is 13.2 Å². The molecule has 0 aromatic heterocycles. The summed E-state index contributed by atoms with van der Waals surface area (Å²) in [5.74, 6) is 4.75. The van der Waals surface area contributed by atoms with E-state index in [9.17, 15) is 18.0 Å². The van der Waals surface area contributed by atoms with E-state index in [1.165, 1.54) is 6.07 Å². The topological polar surface area (TPSA) is 26.3 Å². The van der Waals surface area contributed by atoms with Crippen LogP contribution in [-0.2, 0) is 0 Å². The molecule has 0 amide bonds. The molecule has 1 aromatic rings. The molecule has 0 heterocycles. The number of hydrogen-bond acceptors (Lipinski definition) is 2. The SMILES string of the molecule is O=Cc1cc(C#CCBr)cc(OC(F)(F)F)c1. The average molecular weight is 307 g/mol. The second-order valence-electron chi connectivity index (χ2n) is 2.89. The number of benzene rings is 1. The van der Waals surface area contributed by atoms with Crippen molar-refractivity contribution in [2.45, 2.75) is 6.36 Å². The third kappa shape index (κ3) is 4.91. The molecule has 90 valence electrons. The third-order valence-electron chi connectivity index (χ3n) is 1.60. The lowest BCUT2D eigenvalue weighted by Gasteiger charge is -2.09. The largest absolute Gasteiger partial charge is 0.573 e. The van der Waals surface area contributed by atoms with Crippen LogP contribution in [0.3, 0.4) is 0 Å². The van der Waals surface area contributed by atoms with Gasteiger partial charge in [0.25, 0.3) is 0 Å². The highest BCUT2D eigenvalue weighted by atomic mass is 79.9. The molecule has 1 aromatic carbocycles. The number of aldehydes is 1. The fraction of sp³-hybridized carbons (Fsp3) is 0.182. The summed E-state index contributed by atoms with van der Waals surface area (Å²) >= 11 is 3.06. The van der Waals surface area contributed by atoms with Crippen LogP contribution >= 0.6 is 15.9 Å². The maximum absolute atomic E-state index is 12.0. The van der Waals surface area contributed by atoms with Crippen LogP contribution in [-0.4, -0.2) is 18.0 Å². The van der Waals surface area contributed by atoms with Gasteiger partial charge in [-0.3, -0.25) is 4.79 Å². The van der Waals surface area contributed by atoms with Gasteiger partial charge in [0, 0.05) is 11.1 Å². The van der Waals surface area contributed by atoms with Crippen molar-refractivity contribution >= 4 is 22.2 Å². The van der Waals surface area contributed by atoms with E-state index in [0.29, 0.717) is 11.6 Å². The highest BCUT2D eigenvalue weighted by Crippen LogP contribution is 2.24. The van der Waals surface area contributed by atoms with Crippen molar-refractivity contribution in [3.63, 3.8) is 0 Å². The minimum Gasteiger partial charge on any atom is -0.406 e. The zero-order valence-corrected chi connectivity index (χ0v) is 9.93. The quantitative estimate of drug-likeness (QED) is 0.477. The first-order chi connectivity index (χ1) is 7.94. The summed E-state index contributed by atoms with van der Waals surface area (Å²) < 4.78 is 39.7. The van der Waals surface area contributed by atoms with Gasteiger partial charge in [0.15, 0.2) is 0 Å². The van der Waals surface area contributed by atoms with Crippen LogP contribution in [0, 0.1) is 11.8 Å². The summed E-state index contributed by atoms with van der Waals surface area (Å²) in [5.41, 5.74) is 0.360. The first-order valence-electron chi connectivity index (χ1n) is 4.35. The smallest absolute Gasteiger partial charge is 0.406 e. The monoisotopic (exact) mass is 306 g/mol. The van der Waals surface area contributed by atoms with E-state index in [0.717, 1.165) is 12.1 Å². The highest BCUT2D eigenvalue weighted by Gasteiger charge is 2.31. The Bertz CT molecular complexity index is 472. The molecule has 0 atom stereocenters. The van der Waals surface area contributed by atoms with Gasteiger partial charge < -0.3 is 4.74 Å². The molecule has 2 nitrogen and oxygen atoms in total. The van der Waals surface area contributed by atoms with E-state index < -0.39 is 12.1 Å². The maximum Gasteiger partial charge on any atom is 0.573 e. The fourth-order valence-electron chi connectivity index (χ4n) is 1.09. The Kier molecular flexibility index (Phi) is 4.58. The standard InChI is InChI=1S/C11H6BrF3O2/c12-3-1-2-8-4-9(7-16)6-10(5-8)17-11(13,14)15/h4-7H,3H2. The predicted molar refractivity (Wildman–Crippen MR) is 59.2 cm³/mol. The van der Waals surface area contributed by atoms with E-state index in [-0.39, 0.29) is 11.1 Å². The summed E-state index contributed by atoms with van der Waals surface area (Å²) in [6, 6.07) is 3.50. The number of hydrogen-bond donors (Lipinski definition) is 0. The Balaban J connectivity index is 3.09. The van der Waals surface area contributed by atoms with Crippen molar-refractivity contribution in [1.82, 2.24) is 0 Å². The minimum atomic E-state index is -4.79. The maximum atomic E-state index is 12.0. The van der Waals surface area contributed by atoms with Gasteiger partial charge in [0.1, 0.15) is 12.0 Å². The molecule has 17 heavy (non-hydrogen) atoms. The summed E-state index contributed by atoms with van der Waals surface area (Å²) in [7, 11) is 0. The number of rotatable bonds is 2. The van der Waals surface area contributed by atoms with Gasteiger partial charge in [-0.15, -0.1) is 13.2 Å². The molecule has 0 unspecified atom stereocenters. The van der Waals surface area contributed by atoms with Crippen molar-refractivity contribution < 1.29 is 22.7 Å². The van der Waals surface area contributed by atoms with Crippen molar-refractivity contribution in [1.29, 1.82) is 0 Å². The van der Waals surface area contributed by atoms with Gasteiger partial charge in [-0.1, -0.05) is 27.8 Å². The number of halogens is 4. The Labute approximate surface area is 104 Å². The van der Waals surface area contributed by atoms with Crippen molar-refractivity contribution in [2.24, 2.45) is 0 Å². The summed E-state index contributed by atoms with van der Waals surface area (Å²) in [5, 5.41) is 0.383. The highest BCUT2D eigenvalue weighted by molar-refractivity contribution is 9.09. The molecule has 6 heteroatoms. The van der Waals surface area contributed by atoms with Crippen molar-refractivity contribution in [3.8, 4) is 17.6 Å². The molecule has 0 aliphatic rings. The summed E-state index contributed by atoms with van der Waals surface area (Å²) in [6.07, 6.45) is -4.36. The van der Waals surface area contributed by atoms with Crippen LogP contribution < -0.4 is 4.74 Å². The van der Waals surface area contributed by atoms with Crippen molar-refractivity contribution in [3.05, 3.63) is 29.3 Å². The molecule has 0 radical (unpaired) electrons. The lowest BCUT2D eigenvalue weighted by atomic mass is 10.1. The molecular weight excluding hydrogens is 301 g/mol. The molecule has 0 aliphatic carbocycles. The predicted octanol–water partition coefficient (Wildman–Crippen LogP) is 3.14. The van der Waals surface area contributed by atoms with Crippen LogP contribution in [0.1, 0.15) is 15.9 Å². The van der Waals surface area contributed by atoms with Gasteiger partial charge >= 0.3 is 6.36 Å². The molecule has 0 fully saturated rings. The van der Waals surface area contributed by atoms with Crippen LogP contribution in [0.2, 0.25) is 0 Å². The number of ether oxygens (including phenoxy) is 1. The average Bonchev–Trinajstić information content (AvgIpc) is 2.23. The third-order valence-corrected chi connectivity index (χ3v) is 1.88. The van der Waals surface area contributed by atoms with Gasteiger partial charge in [-0.05, 0) is 18.2 Å². The zero-order chi connectivity index (χ0) is 12.9. The van der Waals surface area contributed by atoms with Crippen molar-refractivity contribution in [2.75, 3.05) is 5.33 Å². The van der Waals surface area contributed by atoms with Gasteiger partial charge in [-0.2, -0.15) is 0 Å². The van der Waals surface area contributed by atoms with Crippen LogP contribution in [0.5, 0.6) is 5.75 Å². The molecule has 0 spiro atoms. The Morgan fingerprint density at radius 2 is 2.06 bits per heavy atom. The molecule has 1 rings (SSSR count). The molecule has 0 saturated heterocycles. The fourth-order valence-corrected chi connectivity index (χ4v) is 1.23. The normalized spacial score (nSPS) is 10.4. The number of alkyl halides is 4. The molecular formula is C11H6BrF3O2. The summed E-state index contributed by atoms with van der Waals surface area (Å²) in [4.78, 5) is 10.6. The number of carbonyl (C=O) groups excluding carboxylic acids is 1. The summed E-state index contributed by atoms with van der Waals surface area (Å²) in [6.45, 7) is 0. The zero-order valence-electron chi connectivity index (χ0n) is 8.34. The Morgan fingerprint density at radius 1 is 1.35 bits per heavy atom. The molecule has 0 bridgehead atoms. The van der Waals surface area contributed by atoms with Crippen LogP contribution in [0.25, 0.3) is 0 Å². The molecule has 0 N–H and O–H groups in total. The van der Waals surface area contributed by atoms with E-state index in [1.807, 2.05) is 0 Å². The van der Waals surface area contributed by atoms with Crippen LogP contribution in [0.15, 0.2) is 18.2 Å².